The van der Waals surface area contributed by atoms with Crippen LogP contribution in [0.5, 0.6) is 0 Å². The second-order valence-electron chi connectivity index (χ2n) is 6.09. The minimum absolute atomic E-state index is 0. The van der Waals surface area contributed by atoms with Crippen LogP contribution in [0.2, 0.25) is 0 Å². The van der Waals surface area contributed by atoms with Gasteiger partial charge < -0.3 is 10.2 Å². The van der Waals surface area contributed by atoms with Crippen LogP contribution in [0.15, 0.2) is 18.2 Å². The molecule has 1 saturated heterocycles. The van der Waals surface area contributed by atoms with Gasteiger partial charge in [0.25, 0.3) is 0 Å². The van der Waals surface area contributed by atoms with Crippen molar-refractivity contribution in [3.05, 3.63) is 34.9 Å². The van der Waals surface area contributed by atoms with Crippen molar-refractivity contribution < 1.29 is 4.79 Å². The molecule has 1 aliphatic heterocycles. The highest BCUT2D eigenvalue weighted by Gasteiger charge is 2.28. The summed E-state index contributed by atoms with van der Waals surface area (Å²) in [5.74, 6) is 0.316. The molecule has 22 heavy (non-hydrogen) atoms. The highest BCUT2D eigenvalue weighted by atomic mass is 35.5. The minimum Gasteiger partial charge on any atom is -0.336 e. The van der Waals surface area contributed by atoms with Crippen LogP contribution in [0.25, 0.3) is 0 Å². The van der Waals surface area contributed by atoms with E-state index in [1.165, 1.54) is 23.1 Å². The van der Waals surface area contributed by atoms with Gasteiger partial charge in [-0.2, -0.15) is 0 Å². The number of nitrogens with one attached hydrogen (secondary N) is 1. The van der Waals surface area contributed by atoms with E-state index in [4.69, 9.17) is 0 Å². The zero-order valence-corrected chi connectivity index (χ0v) is 14.8. The number of hydrogen-bond acceptors (Lipinski definition) is 2. The molecule has 1 fully saturated rings. The van der Waals surface area contributed by atoms with E-state index in [0.717, 1.165) is 32.4 Å². The van der Waals surface area contributed by atoms with Gasteiger partial charge in [0.1, 0.15) is 0 Å². The van der Waals surface area contributed by atoms with Crippen molar-refractivity contribution in [2.75, 3.05) is 20.1 Å². The Bertz CT molecular complexity index is 490. The Labute approximate surface area is 140 Å². The molecule has 1 N–H and O–H groups in total. The van der Waals surface area contributed by atoms with Crippen molar-refractivity contribution in [2.45, 2.75) is 52.0 Å². The predicted octanol–water partition coefficient (Wildman–Crippen LogP) is 3.78. The van der Waals surface area contributed by atoms with E-state index < -0.39 is 0 Å². The van der Waals surface area contributed by atoms with Gasteiger partial charge in [-0.1, -0.05) is 18.2 Å². The van der Waals surface area contributed by atoms with Crippen molar-refractivity contribution in [1.29, 1.82) is 0 Å². The number of carbonyl (C=O) groups is 1. The van der Waals surface area contributed by atoms with Crippen LogP contribution in [0.1, 0.15) is 54.8 Å². The summed E-state index contributed by atoms with van der Waals surface area (Å²) in [6, 6.07) is 6.75. The van der Waals surface area contributed by atoms with Gasteiger partial charge in [-0.05, 0) is 69.8 Å². The van der Waals surface area contributed by atoms with Crippen LogP contribution in [0.4, 0.5) is 0 Å². The maximum Gasteiger partial charge on any atom is 0.223 e. The number of carbonyl (C=O) groups excluding carboxylic acids is 1. The lowest BCUT2D eigenvalue weighted by Crippen LogP contribution is -2.39. The summed E-state index contributed by atoms with van der Waals surface area (Å²) in [6.45, 7) is 6.16. The molecule has 0 aliphatic carbocycles. The molecule has 3 nitrogen and oxygen atoms in total. The second kappa shape index (κ2) is 9.16. The fourth-order valence-corrected chi connectivity index (χ4v) is 3.25. The van der Waals surface area contributed by atoms with E-state index in [0.29, 0.717) is 12.3 Å². The summed E-state index contributed by atoms with van der Waals surface area (Å²) >= 11 is 0. The van der Waals surface area contributed by atoms with Crippen molar-refractivity contribution in [3.63, 3.8) is 0 Å². The lowest BCUT2D eigenvalue weighted by molar-refractivity contribution is -0.135. The first-order valence-corrected chi connectivity index (χ1v) is 8.15. The van der Waals surface area contributed by atoms with E-state index in [9.17, 15) is 4.79 Å². The van der Waals surface area contributed by atoms with E-state index in [1.54, 1.807) is 0 Å². The average Bonchev–Trinajstić information content (AvgIpc) is 2.50. The number of nitrogens with zero attached hydrogens (tertiary/aromatic N) is 1. The SMILES string of the molecule is CNCCCC(=O)N1CCCCC1c1cccc(C)c1C.Cl. The first kappa shape index (κ1) is 19.0. The third kappa shape index (κ3) is 4.47. The molecule has 2 rings (SSSR count). The smallest absolute Gasteiger partial charge is 0.223 e. The monoisotopic (exact) mass is 324 g/mol. The second-order valence-corrected chi connectivity index (χ2v) is 6.09. The first-order chi connectivity index (χ1) is 10.1. The number of halogens is 1. The highest BCUT2D eigenvalue weighted by molar-refractivity contribution is 5.85. The number of aryl methyl sites for hydroxylation is 1. The standard InChI is InChI=1S/C18H28N2O.ClH/c1-14-8-6-9-16(15(14)2)17-10-4-5-13-20(17)18(21)11-7-12-19-3;/h6,8-9,17,19H,4-5,7,10-13H2,1-3H3;1H. The van der Waals surface area contributed by atoms with E-state index in [-0.39, 0.29) is 18.4 Å². The van der Waals surface area contributed by atoms with Gasteiger partial charge in [-0.3, -0.25) is 4.79 Å². The molecule has 1 unspecified atom stereocenters. The number of rotatable bonds is 5. The van der Waals surface area contributed by atoms with Gasteiger partial charge in [0, 0.05) is 13.0 Å². The predicted molar refractivity (Wildman–Crippen MR) is 94.6 cm³/mol. The minimum atomic E-state index is 0. The third-order valence-corrected chi connectivity index (χ3v) is 4.65. The number of likely N-dealkylation sites (tertiary alicyclic amines) is 1. The third-order valence-electron chi connectivity index (χ3n) is 4.65. The molecule has 1 amide bonds. The summed E-state index contributed by atoms with van der Waals surface area (Å²) in [6.07, 6.45) is 5.03. The Balaban J connectivity index is 0.00000242. The average molecular weight is 325 g/mol. The molecule has 1 atom stereocenters. The van der Waals surface area contributed by atoms with Gasteiger partial charge in [0.05, 0.1) is 6.04 Å². The zero-order chi connectivity index (χ0) is 15.2. The highest BCUT2D eigenvalue weighted by Crippen LogP contribution is 2.34. The summed E-state index contributed by atoms with van der Waals surface area (Å²) in [4.78, 5) is 14.7. The van der Waals surface area contributed by atoms with Gasteiger partial charge in [-0.25, -0.2) is 0 Å². The molecule has 1 aromatic carbocycles. The molecule has 1 aromatic rings. The molecule has 1 aliphatic rings. The van der Waals surface area contributed by atoms with Crippen LogP contribution in [-0.4, -0.2) is 30.9 Å². The topological polar surface area (TPSA) is 32.3 Å². The lowest BCUT2D eigenvalue weighted by atomic mass is 9.90. The molecule has 0 spiro atoms. The summed E-state index contributed by atoms with van der Waals surface area (Å²) in [7, 11) is 1.93. The van der Waals surface area contributed by atoms with Crippen LogP contribution in [-0.2, 0) is 4.79 Å². The molecule has 1 heterocycles. The van der Waals surface area contributed by atoms with Crippen molar-refractivity contribution in [3.8, 4) is 0 Å². The van der Waals surface area contributed by atoms with Crippen LogP contribution in [0, 0.1) is 13.8 Å². The van der Waals surface area contributed by atoms with Gasteiger partial charge in [-0.15, -0.1) is 12.4 Å². The largest absolute Gasteiger partial charge is 0.336 e. The molecule has 0 bridgehead atoms. The van der Waals surface area contributed by atoms with Gasteiger partial charge in [0.2, 0.25) is 5.91 Å². The van der Waals surface area contributed by atoms with Crippen molar-refractivity contribution in [2.24, 2.45) is 0 Å². The number of hydrogen-bond donors (Lipinski definition) is 1. The van der Waals surface area contributed by atoms with Crippen molar-refractivity contribution >= 4 is 18.3 Å². The number of piperidine rings is 1. The van der Waals surface area contributed by atoms with Crippen LogP contribution >= 0.6 is 12.4 Å². The van der Waals surface area contributed by atoms with E-state index >= 15 is 0 Å². The van der Waals surface area contributed by atoms with Gasteiger partial charge >= 0.3 is 0 Å². The summed E-state index contributed by atoms with van der Waals surface area (Å²) in [5, 5.41) is 3.11. The number of benzene rings is 1. The first-order valence-electron chi connectivity index (χ1n) is 8.15. The number of amides is 1. The normalized spacial score (nSPS) is 18.0. The maximum atomic E-state index is 12.6. The van der Waals surface area contributed by atoms with Crippen LogP contribution in [0.3, 0.4) is 0 Å². The molecule has 4 heteroatoms. The quantitative estimate of drug-likeness (QED) is 0.836. The lowest BCUT2D eigenvalue weighted by Gasteiger charge is -2.37. The fraction of sp³-hybridized carbons (Fsp3) is 0.611. The van der Waals surface area contributed by atoms with Crippen molar-refractivity contribution in [1.82, 2.24) is 10.2 Å². The molecule has 0 aromatic heterocycles. The Kier molecular flexibility index (Phi) is 7.91. The Hall–Kier alpha value is -1.06. The summed E-state index contributed by atoms with van der Waals surface area (Å²) < 4.78 is 0. The Morgan fingerprint density at radius 2 is 2.09 bits per heavy atom. The van der Waals surface area contributed by atoms with Crippen LogP contribution < -0.4 is 5.32 Å². The summed E-state index contributed by atoms with van der Waals surface area (Å²) in [5.41, 5.74) is 4.01. The maximum absolute atomic E-state index is 12.6. The van der Waals surface area contributed by atoms with E-state index in [1.807, 2.05) is 7.05 Å². The fourth-order valence-electron chi connectivity index (χ4n) is 3.25. The molecule has 124 valence electrons. The molecule has 0 saturated carbocycles. The molecular formula is C18H29ClN2O. The zero-order valence-electron chi connectivity index (χ0n) is 14.0. The molecule has 0 radical (unpaired) electrons. The molecular weight excluding hydrogens is 296 g/mol. The Morgan fingerprint density at radius 1 is 1.32 bits per heavy atom. The Morgan fingerprint density at radius 3 is 2.82 bits per heavy atom. The van der Waals surface area contributed by atoms with E-state index in [2.05, 4.69) is 42.3 Å². The van der Waals surface area contributed by atoms with Gasteiger partial charge in [0.15, 0.2) is 0 Å².